The molecule has 5 nitrogen and oxygen atoms in total. The molecule has 8 heteroatoms. The number of benzene rings is 1. The maximum absolute atomic E-state index is 12.8. The molecule has 72 valence electrons. The van der Waals surface area contributed by atoms with Gasteiger partial charge < -0.3 is 10.0 Å². The summed E-state index contributed by atoms with van der Waals surface area (Å²) >= 11 is 0. The van der Waals surface area contributed by atoms with Crippen LogP contribution >= 0.6 is 0 Å². The van der Waals surface area contributed by atoms with Gasteiger partial charge in [0.1, 0.15) is 11.6 Å². The van der Waals surface area contributed by atoms with Crippen molar-refractivity contribution in [3.05, 3.63) is 34.2 Å². The van der Waals surface area contributed by atoms with Gasteiger partial charge in [0.15, 0.2) is 0 Å². The van der Waals surface area contributed by atoms with Crippen LogP contribution in [0.15, 0.2) is 17.2 Å². The van der Waals surface area contributed by atoms with Gasteiger partial charge in [-0.05, 0) is 11.6 Å². The van der Waals surface area contributed by atoms with E-state index in [2.05, 4.69) is 10.0 Å². The summed E-state index contributed by atoms with van der Waals surface area (Å²) in [5.41, 5.74) is 6.98. The van der Waals surface area contributed by atoms with E-state index in [1.165, 1.54) is 0 Å². The van der Waals surface area contributed by atoms with Crippen LogP contribution < -0.4 is 5.46 Å². The van der Waals surface area contributed by atoms with Crippen LogP contribution in [-0.4, -0.2) is 17.2 Å². The lowest BCUT2D eigenvalue weighted by Crippen LogP contribution is -2.32. The lowest BCUT2D eigenvalue weighted by molar-refractivity contribution is 0.422. The fourth-order valence-corrected chi connectivity index (χ4v) is 0.876. The molecule has 0 amide bonds. The average Bonchev–Trinajstić information content (AvgIpc) is 2.09. The third-order valence-electron chi connectivity index (χ3n) is 1.50. The normalized spacial score (nSPS) is 9.43. The maximum Gasteiger partial charge on any atom is 0.491 e. The third kappa shape index (κ3) is 2.00. The molecule has 0 aliphatic carbocycles. The number of halogens is 2. The van der Waals surface area contributed by atoms with Crippen molar-refractivity contribution in [1.29, 1.82) is 0 Å². The largest absolute Gasteiger partial charge is 0.491 e. The maximum atomic E-state index is 12.8. The Morgan fingerprint density at radius 3 is 2.43 bits per heavy atom. The van der Waals surface area contributed by atoms with Crippen molar-refractivity contribution in [3.8, 4) is 0 Å². The molecular formula is C6H4BF2N3O2. The van der Waals surface area contributed by atoms with Crippen molar-refractivity contribution < 1.29 is 18.8 Å². The lowest BCUT2D eigenvalue weighted by atomic mass is 9.79. The van der Waals surface area contributed by atoms with Crippen molar-refractivity contribution in [2.75, 3.05) is 0 Å². The van der Waals surface area contributed by atoms with E-state index in [4.69, 9.17) is 15.6 Å². The Bertz CT molecular complexity index is 406. The monoisotopic (exact) mass is 199 g/mol. The molecule has 0 radical (unpaired) electrons. The molecule has 0 atom stereocenters. The van der Waals surface area contributed by atoms with Crippen LogP contribution in [0.4, 0.5) is 14.5 Å². The summed E-state index contributed by atoms with van der Waals surface area (Å²) in [4.78, 5) is 2.30. The van der Waals surface area contributed by atoms with E-state index in [1.54, 1.807) is 0 Å². The van der Waals surface area contributed by atoms with Gasteiger partial charge in [-0.3, -0.25) is 0 Å². The van der Waals surface area contributed by atoms with Crippen LogP contribution in [0.2, 0.25) is 0 Å². The molecule has 0 aromatic heterocycles. The summed E-state index contributed by atoms with van der Waals surface area (Å²) < 4.78 is 25.6. The number of hydrogen-bond acceptors (Lipinski definition) is 3. The molecule has 0 heterocycles. The minimum atomic E-state index is -2.08. The second-order valence-corrected chi connectivity index (χ2v) is 2.39. The van der Waals surface area contributed by atoms with Gasteiger partial charge in [0.2, 0.25) is 0 Å². The Morgan fingerprint density at radius 1 is 1.29 bits per heavy atom. The highest BCUT2D eigenvalue weighted by atomic mass is 19.1. The van der Waals surface area contributed by atoms with Crippen molar-refractivity contribution in [1.82, 2.24) is 0 Å². The molecule has 0 aliphatic rings. The molecule has 0 bridgehead atoms. The van der Waals surface area contributed by atoms with Crippen LogP contribution in [-0.2, 0) is 0 Å². The van der Waals surface area contributed by atoms with Gasteiger partial charge in [-0.25, -0.2) is 8.78 Å². The quantitative estimate of drug-likeness (QED) is 0.315. The van der Waals surface area contributed by atoms with Gasteiger partial charge in [-0.1, -0.05) is 5.11 Å². The van der Waals surface area contributed by atoms with E-state index in [9.17, 15) is 8.78 Å². The molecule has 0 fully saturated rings. The van der Waals surface area contributed by atoms with Gasteiger partial charge in [0, 0.05) is 16.4 Å². The topological polar surface area (TPSA) is 89.2 Å². The van der Waals surface area contributed by atoms with Gasteiger partial charge in [-0.2, -0.15) is 0 Å². The second kappa shape index (κ2) is 4.06. The van der Waals surface area contributed by atoms with Crippen LogP contribution in [0.3, 0.4) is 0 Å². The standard InChI is InChI=1S/C6H4BF2N3O2/c8-4-2-5(9)6(11-12-10)1-3(4)7(13)14/h1-2,13-14H. The summed E-state index contributed by atoms with van der Waals surface area (Å²) in [7, 11) is -2.08. The smallest absolute Gasteiger partial charge is 0.423 e. The fourth-order valence-electron chi connectivity index (χ4n) is 0.876. The van der Waals surface area contributed by atoms with Crippen LogP contribution in [0.1, 0.15) is 0 Å². The first-order valence-corrected chi connectivity index (χ1v) is 3.46. The number of rotatable bonds is 2. The lowest BCUT2D eigenvalue weighted by Gasteiger charge is -2.03. The Balaban J connectivity index is 3.34. The van der Waals surface area contributed by atoms with Crippen LogP contribution in [0, 0.1) is 11.6 Å². The number of hydrogen-bond donors (Lipinski definition) is 2. The predicted molar refractivity (Wildman–Crippen MR) is 45.0 cm³/mol. The zero-order valence-corrected chi connectivity index (χ0v) is 6.72. The molecule has 0 saturated carbocycles. The summed E-state index contributed by atoms with van der Waals surface area (Å²) in [5, 5.41) is 20.2. The van der Waals surface area contributed by atoms with Crippen molar-refractivity contribution in [3.63, 3.8) is 0 Å². The third-order valence-corrected chi connectivity index (χ3v) is 1.50. The summed E-state index contributed by atoms with van der Waals surface area (Å²) in [5.74, 6) is -2.18. The van der Waals surface area contributed by atoms with Crippen LogP contribution in [0.5, 0.6) is 0 Å². The Kier molecular flexibility index (Phi) is 3.03. The summed E-state index contributed by atoms with van der Waals surface area (Å²) in [6.07, 6.45) is 0. The molecule has 1 aromatic rings. The fraction of sp³-hybridized carbons (Fsp3) is 0. The Hall–Kier alpha value is -1.63. The molecule has 0 aliphatic heterocycles. The molecule has 14 heavy (non-hydrogen) atoms. The second-order valence-electron chi connectivity index (χ2n) is 2.39. The number of nitrogens with zero attached hydrogens (tertiary/aromatic N) is 3. The highest BCUT2D eigenvalue weighted by Gasteiger charge is 2.18. The average molecular weight is 199 g/mol. The van der Waals surface area contributed by atoms with E-state index in [0.29, 0.717) is 6.07 Å². The zero-order chi connectivity index (χ0) is 10.7. The molecule has 0 spiro atoms. The molecule has 1 aromatic carbocycles. The van der Waals surface area contributed by atoms with Crippen molar-refractivity contribution in [2.45, 2.75) is 0 Å². The Morgan fingerprint density at radius 2 is 1.93 bits per heavy atom. The van der Waals surface area contributed by atoms with E-state index in [-0.39, 0.29) is 0 Å². The summed E-state index contributed by atoms with van der Waals surface area (Å²) in [6.45, 7) is 0. The van der Waals surface area contributed by atoms with Gasteiger partial charge >= 0.3 is 7.12 Å². The van der Waals surface area contributed by atoms with Gasteiger partial charge in [0.05, 0.1) is 5.69 Å². The van der Waals surface area contributed by atoms with Crippen molar-refractivity contribution >= 4 is 18.3 Å². The molecule has 2 N–H and O–H groups in total. The highest BCUT2D eigenvalue weighted by molar-refractivity contribution is 6.58. The molecule has 0 saturated heterocycles. The minimum absolute atomic E-state index is 0.415. The molecule has 1 rings (SSSR count). The molecule has 0 unspecified atom stereocenters. The van der Waals surface area contributed by atoms with Gasteiger partial charge in [0.25, 0.3) is 0 Å². The Labute approximate surface area is 77.4 Å². The van der Waals surface area contributed by atoms with E-state index < -0.39 is 29.9 Å². The first-order chi connectivity index (χ1) is 6.56. The minimum Gasteiger partial charge on any atom is -0.423 e. The van der Waals surface area contributed by atoms with Gasteiger partial charge in [-0.15, -0.1) is 0 Å². The SMILES string of the molecule is [N-]=[N+]=Nc1cc(B(O)O)c(F)cc1F. The summed E-state index contributed by atoms with van der Waals surface area (Å²) in [6, 6.07) is 1.15. The predicted octanol–water partition coefficient (Wildman–Crippen LogP) is 0.586. The van der Waals surface area contributed by atoms with E-state index >= 15 is 0 Å². The highest BCUT2D eigenvalue weighted by Crippen LogP contribution is 2.17. The molecular weight excluding hydrogens is 195 g/mol. The first kappa shape index (κ1) is 10.5. The van der Waals surface area contributed by atoms with E-state index in [1.807, 2.05) is 0 Å². The van der Waals surface area contributed by atoms with Crippen LogP contribution in [0.25, 0.3) is 10.4 Å². The van der Waals surface area contributed by atoms with Crippen molar-refractivity contribution in [2.24, 2.45) is 5.11 Å². The zero-order valence-electron chi connectivity index (χ0n) is 6.72. The number of azide groups is 1. The van der Waals surface area contributed by atoms with E-state index in [0.717, 1.165) is 6.07 Å². The first-order valence-electron chi connectivity index (χ1n) is 3.46.